The minimum Gasteiger partial charge on any atom is -0.492 e. The summed E-state index contributed by atoms with van der Waals surface area (Å²) in [4.78, 5) is 18.7. The van der Waals surface area contributed by atoms with Gasteiger partial charge in [0.05, 0.1) is 46.8 Å². The fraction of sp³-hybridized carbons (Fsp3) is 0.412. The maximum absolute atomic E-state index is 16.6. The number of alkyl halides is 2. The van der Waals surface area contributed by atoms with Gasteiger partial charge in [-0.25, -0.2) is 22.9 Å². The van der Waals surface area contributed by atoms with Crippen molar-refractivity contribution in [1.29, 1.82) is 0 Å². The van der Waals surface area contributed by atoms with Crippen LogP contribution in [-0.2, 0) is 29.2 Å². The molecule has 1 aromatic heterocycles. The van der Waals surface area contributed by atoms with Crippen LogP contribution in [0.25, 0.3) is 11.0 Å². The second-order valence-corrected chi connectivity index (χ2v) is 13.0. The number of halogens is 4. The molecule has 45 heavy (non-hydrogen) atoms. The highest BCUT2D eigenvalue weighted by molar-refractivity contribution is 6.30. The number of hydrogen-bond donors (Lipinski definition) is 1. The molecule has 1 N–H and O–H groups in total. The first-order valence-corrected chi connectivity index (χ1v) is 15.6. The molecule has 2 unspecified atom stereocenters. The SMILES string of the molecule is CC1(c2ccc(Cl)cc2F)COc2cccc(C3CCN(Cc4nc5ccc(C(=O)O)cc5n4CC4CCO4)CC3)c2C1(F)F. The molecule has 7 nitrogen and oxygen atoms in total. The van der Waals surface area contributed by atoms with Crippen molar-refractivity contribution >= 4 is 28.6 Å². The third kappa shape index (κ3) is 5.16. The van der Waals surface area contributed by atoms with Crippen LogP contribution in [-0.4, -0.2) is 57.9 Å². The molecule has 236 valence electrons. The zero-order valence-electron chi connectivity index (χ0n) is 24.7. The largest absolute Gasteiger partial charge is 0.492 e. The summed E-state index contributed by atoms with van der Waals surface area (Å²) in [5.74, 6) is -4.35. The van der Waals surface area contributed by atoms with Crippen molar-refractivity contribution in [2.45, 2.75) is 62.6 Å². The highest BCUT2D eigenvalue weighted by Crippen LogP contribution is 2.56. The minimum atomic E-state index is -3.40. The Labute approximate surface area is 263 Å². The predicted octanol–water partition coefficient (Wildman–Crippen LogP) is 7.14. The number of imidazole rings is 1. The molecule has 0 spiro atoms. The van der Waals surface area contributed by atoms with Gasteiger partial charge in [0.25, 0.3) is 5.92 Å². The van der Waals surface area contributed by atoms with E-state index in [1.165, 1.54) is 19.1 Å². The summed E-state index contributed by atoms with van der Waals surface area (Å²) >= 11 is 5.93. The molecule has 3 aliphatic rings. The van der Waals surface area contributed by atoms with Gasteiger partial charge in [0.15, 0.2) is 0 Å². The number of hydrogen-bond acceptors (Lipinski definition) is 5. The van der Waals surface area contributed by atoms with Crippen LogP contribution in [0.3, 0.4) is 0 Å². The third-order valence-electron chi connectivity index (χ3n) is 9.75. The number of rotatable bonds is 7. The molecular weight excluding hydrogens is 607 g/mol. The van der Waals surface area contributed by atoms with Crippen LogP contribution in [0, 0.1) is 5.82 Å². The lowest BCUT2D eigenvalue weighted by molar-refractivity contribution is -0.113. The van der Waals surface area contributed by atoms with Gasteiger partial charge in [-0.1, -0.05) is 29.8 Å². The van der Waals surface area contributed by atoms with Gasteiger partial charge in [0.2, 0.25) is 0 Å². The summed E-state index contributed by atoms with van der Waals surface area (Å²) in [5.41, 5.74) is 0.00681. The van der Waals surface area contributed by atoms with Crippen molar-refractivity contribution in [2.75, 3.05) is 26.3 Å². The Morgan fingerprint density at radius 1 is 1.11 bits per heavy atom. The van der Waals surface area contributed by atoms with E-state index in [0.29, 0.717) is 51.2 Å². The van der Waals surface area contributed by atoms with Gasteiger partial charge in [-0.05, 0) is 87.2 Å². The van der Waals surface area contributed by atoms with Gasteiger partial charge < -0.3 is 19.1 Å². The number of piperidine rings is 1. The molecule has 4 heterocycles. The highest BCUT2D eigenvalue weighted by Gasteiger charge is 2.59. The molecule has 2 fully saturated rings. The van der Waals surface area contributed by atoms with Crippen LogP contribution in [0.2, 0.25) is 5.02 Å². The second kappa shape index (κ2) is 11.3. The summed E-state index contributed by atoms with van der Waals surface area (Å²) in [7, 11) is 0. The van der Waals surface area contributed by atoms with Crippen LogP contribution < -0.4 is 4.74 Å². The number of carbonyl (C=O) groups is 1. The van der Waals surface area contributed by atoms with Gasteiger partial charge in [0, 0.05) is 17.2 Å². The second-order valence-electron chi connectivity index (χ2n) is 12.5. The number of carboxylic acid groups (broad SMARTS) is 1. The number of carboxylic acids is 1. The molecule has 0 bridgehead atoms. The minimum absolute atomic E-state index is 0.0561. The normalized spacial score (nSPS) is 23.4. The smallest absolute Gasteiger partial charge is 0.335 e. The molecule has 0 saturated carbocycles. The van der Waals surface area contributed by atoms with E-state index >= 15 is 13.2 Å². The highest BCUT2D eigenvalue weighted by atomic mass is 35.5. The Kier molecular flexibility index (Phi) is 7.57. The van der Waals surface area contributed by atoms with Crippen LogP contribution in [0.5, 0.6) is 5.75 Å². The average molecular weight is 640 g/mol. The Hall–Kier alpha value is -3.60. The van der Waals surface area contributed by atoms with E-state index in [1.54, 1.807) is 36.4 Å². The Balaban J connectivity index is 1.13. The molecule has 7 rings (SSSR count). The molecule has 2 saturated heterocycles. The first-order chi connectivity index (χ1) is 21.5. The van der Waals surface area contributed by atoms with Crippen molar-refractivity contribution in [3.63, 3.8) is 0 Å². The van der Waals surface area contributed by atoms with Crippen molar-refractivity contribution in [2.24, 2.45) is 0 Å². The topological polar surface area (TPSA) is 76.8 Å². The number of fused-ring (bicyclic) bond motifs is 2. The fourth-order valence-electron chi connectivity index (χ4n) is 6.98. The number of aromatic carboxylic acids is 1. The summed E-state index contributed by atoms with van der Waals surface area (Å²) in [6, 6.07) is 13.8. The number of nitrogens with zero attached hydrogens (tertiary/aromatic N) is 3. The predicted molar refractivity (Wildman–Crippen MR) is 163 cm³/mol. The first kappa shape index (κ1) is 30.1. The Morgan fingerprint density at radius 2 is 1.89 bits per heavy atom. The fourth-order valence-corrected chi connectivity index (χ4v) is 7.14. The average Bonchev–Trinajstić information content (AvgIpc) is 3.33. The molecule has 2 atom stereocenters. The van der Waals surface area contributed by atoms with Crippen LogP contribution in [0.1, 0.15) is 65.0 Å². The Bertz CT molecular complexity index is 1780. The zero-order valence-corrected chi connectivity index (χ0v) is 25.5. The Morgan fingerprint density at radius 3 is 2.58 bits per heavy atom. The van der Waals surface area contributed by atoms with E-state index in [9.17, 15) is 9.90 Å². The van der Waals surface area contributed by atoms with Crippen LogP contribution in [0.15, 0.2) is 54.6 Å². The van der Waals surface area contributed by atoms with E-state index in [-0.39, 0.29) is 46.1 Å². The summed E-state index contributed by atoms with van der Waals surface area (Å²) in [6.07, 6.45) is 2.28. The molecular formula is C34H33ClF3N3O4. The van der Waals surface area contributed by atoms with E-state index < -0.39 is 23.1 Å². The molecule has 0 aliphatic carbocycles. The zero-order chi connectivity index (χ0) is 31.5. The lowest BCUT2D eigenvalue weighted by atomic mass is 9.70. The van der Waals surface area contributed by atoms with Crippen LogP contribution in [0.4, 0.5) is 13.2 Å². The summed E-state index contributed by atoms with van der Waals surface area (Å²) in [6.45, 7) is 4.14. The standard InChI is InChI=1S/C34H33ClF3N3O4/c1-33(25-7-6-22(35)16-26(25)36)19-45-29-4-2-3-24(31(29)34(33,37)38)20-9-12-40(13-10-20)18-30-39-27-8-5-21(32(42)43)15-28(27)41(30)17-23-11-14-44-23/h2-8,15-16,20,23H,9-14,17-19H2,1H3,(H,42,43). The molecule has 4 aromatic rings. The van der Waals surface area contributed by atoms with Gasteiger partial charge in [0.1, 0.15) is 24.0 Å². The van der Waals surface area contributed by atoms with E-state index in [4.69, 9.17) is 26.1 Å². The van der Waals surface area contributed by atoms with Gasteiger partial charge in [-0.3, -0.25) is 4.90 Å². The van der Waals surface area contributed by atoms with Gasteiger partial charge in [-0.2, -0.15) is 0 Å². The van der Waals surface area contributed by atoms with Gasteiger partial charge in [-0.15, -0.1) is 0 Å². The van der Waals surface area contributed by atoms with Crippen molar-refractivity contribution < 1.29 is 32.5 Å². The maximum atomic E-state index is 16.6. The van der Waals surface area contributed by atoms with E-state index in [1.807, 2.05) is 0 Å². The maximum Gasteiger partial charge on any atom is 0.335 e. The summed E-state index contributed by atoms with van der Waals surface area (Å²) in [5, 5.41) is 9.68. The molecule has 0 radical (unpaired) electrons. The lowest BCUT2D eigenvalue weighted by Gasteiger charge is -2.44. The monoisotopic (exact) mass is 639 g/mol. The number of ether oxygens (including phenoxy) is 2. The molecule has 3 aliphatic heterocycles. The molecule has 3 aromatic carbocycles. The lowest BCUT2D eigenvalue weighted by Crippen LogP contribution is -2.50. The number of aromatic nitrogens is 2. The quantitative estimate of drug-likeness (QED) is 0.232. The van der Waals surface area contributed by atoms with Crippen molar-refractivity contribution in [1.82, 2.24) is 14.5 Å². The van der Waals surface area contributed by atoms with Crippen molar-refractivity contribution in [3.05, 3.63) is 93.5 Å². The summed E-state index contributed by atoms with van der Waals surface area (Å²) < 4.78 is 61.9. The third-order valence-corrected chi connectivity index (χ3v) is 9.99. The van der Waals surface area contributed by atoms with E-state index in [2.05, 4.69) is 9.47 Å². The van der Waals surface area contributed by atoms with E-state index in [0.717, 1.165) is 29.3 Å². The molecule has 0 amide bonds. The van der Waals surface area contributed by atoms with Crippen LogP contribution >= 0.6 is 11.6 Å². The number of benzene rings is 3. The van der Waals surface area contributed by atoms with Crippen molar-refractivity contribution in [3.8, 4) is 5.75 Å². The van der Waals surface area contributed by atoms with Gasteiger partial charge >= 0.3 is 5.97 Å². The first-order valence-electron chi connectivity index (χ1n) is 15.2. The number of likely N-dealkylation sites (tertiary alicyclic amines) is 1. The molecule has 11 heteroatoms.